The minimum atomic E-state index is -0.811. The fourth-order valence-corrected chi connectivity index (χ4v) is 1.54. The van der Waals surface area contributed by atoms with Crippen molar-refractivity contribution in [2.24, 2.45) is 0 Å². The number of methoxy groups -OCH3 is 2. The van der Waals surface area contributed by atoms with Crippen LogP contribution in [0.15, 0.2) is 36.4 Å². The summed E-state index contributed by atoms with van der Waals surface area (Å²) < 4.78 is 9.97. The average molecular weight is 246 g/mol. The zero-order valence-corrected chi connectivity index (χ0v) is 10.2. The lowest BCUT2D eigenvalue weighted by Crippen LogP contribution is -2.04. The number of aliphatic hydroxyl groups excluding tert-OH is 1. The summed E-state index contributed by atoms with van der Waals surface area (Å²) in [5.74, 6) is 1.16. The molecule has 1 aromatic carbocycles. The van der Waals surface area contributed by atoms with Gasteiger partial charge in [-0.05, 0) is 23.8 Å². The van der Waals surface area contributed by atoms with Gasteiger partial charge in [0, 0.05) is 6.07 Å². The molecule has 1 unspecified atom stereocenters. The van der Waals surface area contributed by atoms with Crippen LogP contribution in [-0.2, 0) is 0 Å². The molecule has 0 bridgehead atoms. The quantitative estimate of drug-likeness (QED) is 0.887. The molecular weight excluding hydrogens is 232 g/mol. The maximum absolute atomic E-state index is 10.1. The van der Waals surface area contributed by atoms with Crippen molar-refractivity contribution in [2.45, 2.75) is 6.10 Å². The lowest BCUT2D eigenvalue weighted by molar-refractivity contribution is 0.213. The van der Waals surface area contributed by atoms with Crippen LogP contribution >= 0.6 is 0 Å². The van der Waals surface area contributed by atoms with E-state index in [9.17, 15) is 5.11 Å². The molecule has 0 aliphatic carbocycles. The molecule has 0 amide bonds. The zero-order chi connectivity index (χ0) is 13.0. The monoisotopic (exact) mass is 246 g/mol. The first-order valence-corrected chi connectivity index (χ1v) is 5.44. The molecule has 5 nitrogen and oxygen atoms in total. The van der Waals surface area contributed by atoms with E-state index in [1.165, 1.54) is 7.11 Å². The number of hydrogen-bond donors (Lipinski definition) is 1. The Kier molecular flexibility index (Phi) is 3.74. The minimum absolute atomic E-state index is 0.417. The highest BCUT2D eigenvalue weighted by molar-refractivity contribution is 5.32. The van der Waals surface area contributed by atoms with Gasteiger partial charge in [-0.2, -0.15) is 0 Å². The van der Waals surface area contributed by atoms with Gasteiger partial charge in [0.25, 0.3) is 0 Å². The molecule has 1 N–H and O–H groups in total. The maximum Gasteiger partial charge on any atom is 0.233 e. The van der Waals surface area contributed by atoms with Crippen LogP contribution in [0, 0.1) is 0 Å². The molecule has 5 heteroatoms. The van der Waals surface area contributed by atoms with Crippen molar-refractivity contribution in [1.29, 1.82) is 0 Å². The number of ether oxygens (including phenoxy) is 2. The summed E-state index contributed by atoms with van der Waals surface area (Å²) in [6.45, 7) is 0. The largest absolute Gasteiger partial charge is 0.497 e. The van der Waals surface area contributed by atoms with Crippen molar-refractivity contribution in [3.63, 3.8) is 0 Å². The second-order valence-corrected chi connectivity index (χ2v) is 3.68. The molecule has 94 valence electrons. The SMILES string of the molecule is COc1ccc(C(O)c2ccc(OC)nn2)cc1. The van der Waals surface area contributed by atoms with Crippen LogP contribution < -0.4 is 9.47 Å². The molecule has 0 saturated heterocycles. The predicted molar refractivity (Wildman–Crippen MR) is 65.6 cm³/mol. The van der Waals surface area contributed by atoms with Gasteiger partial charge in [-0.3, -0.25) is 0 Å². The van der Waals surface area contributed by atoms with Crippen molar-refractivity contribution in [3.8, 4) is 11.6 Å². The van der Waals surface area contributed by atoms with Gasteiger partial charge in [-0.25, -0.2) is 0 Å². The van der Waals surface area contributed by atoms with E-state index in [4.69, 9.17) is 9.47 Å². The molecule has 0 aliphatic heterocycles. The third kappa shape index (κ3) is 2.57. The van der Waals surface area contributed by atoms with E-state index in [1.807, 2.05) is 0 Å². The number of aliphatic hydroxyl groups is 1. The summed E-state index contributed by atoms with van der Waals surface area (Å²) in [6, 6.07) is 10.5. The Morgan fingerprint density at radius 2 is 1.67 bits per heavy atom. The van der Waals surface area contributed by atoms with Gasteiger partial charge >= 0.3 is 0 Å². The summed E-state index contributed by atoms with van der Waals surface area (Å²) in [5.41, 5.74) is 1.20. The van der Waals surface area contributed by atoms with Crippen molar-refractivity contribution in [1.82, 2.24) is 10.2 Å². The van der Waals surface area contributed by atoms with Crippen molar-refractivity contribution in [2.75, 3.05) is 14.2 Å². The Labute approximate surface area is 105 Å². The van der Waals surface area contributed by atoms with Crippen LogP contribution in [0.2, 0.25) is 0 Å². The highest BCUT2D eigenvalue weighted by Crippen LogP contribution is 2.22. The topological polar surface area (TPSA) is 64.5 Å². The molecule has 18 heavy (non-hydrogen) atoms. The number of nitrogens with zero attached hydrogens (tertiary/aromatic N) is 2. The van der Waals surface area contributed by atoms with E-state index in [2.05, 4.69) is 10.2 Å². The fourth-order valence-electron chi connectivity index (χ4n) is 1.54. The number of rotatable bonds is 4. The Balaban J connectivity index is 2.20. The van der Waals surface area contributed by atoms with E-state index in [0.717, 1.165) is 11.3 Å². The Morgan fingerprint density at radius 3 is 2.17 bits per heavy atom. The first-order chi connectivity index (χ1) is 8.74. The van der Waals surface area contributed by atoms with Crippen molar-refractivity contribution in [3.05, 3.63) is 47.7 Å². The Morgan fingerprint density at radius 1 is 0.944 bits per heavy atom. The summed E-state index contributed by atoms with van der Waals surface area (Å²) >= 11 is 0. The van der Waals surface area contributed by atoms with Gasteiger partial charge in [0.1, 0.15) is 11.9 Å². The molecule has 1 atom stereocenters. The predicted octanol–water partition coefficient (Wildman–Crippen LogP) is 1.58. The van der Waals surface area contributed by atoms with Gasteiger partial charge in [0.15, 0.2) is 0 Å². The smallest absolute Gasteiger partial charge is 0.233 e. The van der Waals surface area contributed by atoms with Gasteiger partial charge in [-0.1, -0.05) is 12.1 Å². The summed E-state index contributed by atoms with van der Waals surface area (Å²) in [6.07, 6.45) is -0.811. The van der Waals surface area contributed by atoms with Crippen LogP contribution in [0.1, 0.15) is 17.4 Å². The Hall–Kier alpha value is -2.14. The van der Waals surface area contributed by atoms with Gasteiger partial charge < -0.3 is 14.6 Å². The fraction of sp³-hybridized carbons (Fsp3) is 0.231. The van der Waals surface area contributed by atoms with E-state index in [-0.39, 0.29) is 0 Å². The second kappa shape index (κ2) is 5.46. The average Bonchev–Trinajstić information content (AvgIpc) is 2.47. The molecule has 0 saturated carbocycles. The summed E-state index contributed by atoms with van der Waals surface area (Å²) in [7, 11) is 3.12. The molecule has 1 aromatic heterocycles. The first-order valence-electron chi connectivity index (χ1n) is 5.44. The highest BCUT2D eigenvalue weighted by Gasteiger charge is 2.12. The van der Waals surface area contributed by atoms with Gasteiger partial charge in [-0.15, -0.1) is 10.2 Å². The molecule has 0 aliphatic rings. The number of aromatic nitrogens is 2. The first kappa shape index (κ1) is 12.3. The van der Waals surface area contributed by atoms with E-state index in [0.29, 0.717) is 11.6 Å². The van der Waals surface area contributed by atoms with E-state index < -0.39 is 6.10 Å². The molecule has 2 aromatic rings. The lowest BCUT2D eigenvalue weighted by Gasteiger charge is -2.10. The van der Waals surface area contributed by atoms with Crippen molar-refractivity contribution >= 4 is 0 Å². The molecule has 0 radical (unpaired) electrons. The lowest BCUT2D eigenvalue weighted by atomic mass is 10.1. The van der Waals surface area contributed by atoms with Crippen LogP contribution in [0.4, 0.5) is 0 Å². The number of benzene rings is 1. The zero-order valence-electron chi connectivity index (χ0n) is 10.2. The maximum atomic E-state index is 10.1. The summed E-state index contributed by atoms with van der Waals surface area (Å²) in [5, 5.41) is 17.9. The van der Waals surface area contributed by atoms with Crippen molar-refractivity contribution < 1.29 is 14.6 Å². The third-order valence-electron chi connectivity index (χ3n) is 2.58. The van der Waals surface area contributed by atoms with E-state index >= 15 is 0 Å². The van der Waals surface area contributed by atoms with Crippen LogP contribution in [0.25, 0.3) is 0 Å². The van der Waals surface area contributed by atoms with Crippen LogP contribution in [0.3, 0.4) is 0 Å². The van der Waals surface area contributed by atoms with Gasteiger partial charge in [0.2, 0.25) is 5.88 Å². The molecular formula is C13H14N2O3. The van der Waals surface area contributed by atoms with E-state index in [1.54, 1.807) is 43.5 Å². The van der Waals surface area contributed by atoms with Gasteiger partial charge in [0.05, 0.1) is 19.9 Å². The minimum Gasteiger partial charge on any atom is -0.497 e. The number of hydrogen-bond acceptors (Lipinski definition) is 5. The molecule has 1 heterocycles. The molecule has 0 fully saturated rings. The van der Waals surface area contributed by atoms with Crippen LogP contribution in [0.5, 0.6) is 11.6 Å². The molecule has 0 spiro atoms. The standard InChI is InChI=1S/C13H14N2O3/c1-17-10-5-3-9(4-6-10)13(16)11-7-8-12(18-2)15-14-11/h3-8,13,16H,1-2H3. The Bertz CT molecular complexity index is 449. The van der Waals surface area contributed by atoms with Crippen LogP contribution in [-0.4, -0.2) is 29.5 Å². The third-order valence-corrected chi connectivity index (χ3v) is 2.58. The second-order valence-electron chi connectivity index (χ2n) is 3.68. The normalized spacial score (nSPS) is 11.9. The molecule has 2 rings (SSSR count). The highest BCUT2D eigenvalue weighted by atomic mass is 16.5. The summed E-state index contributed by atoms with van der Waals surface area (Å²) in [4.78, 5) is 0.